The van der Waals surface area contributed by atoms with Crippen LogP contribution >= 0.6 is 15.9 Å². The topological polar surface area (TPSA) is 24.9 Å². The van der Waals surface area contributed by atoms with Gasteiger partial charge in [-0.15, -0.1) is 0 Å². The summed E-state index contributed by atoms with van der Waals surface area (Å²) in [7, 11) is 0. The Kier molecular flexibility index (Phi) is 1.82. The van der Waals surface area contributed by atoms with Gasteiger partial charge in [0.25, 0.3) is 0 Å². The summed E-state index contributed by atoms with van der Waals surface area (Å²) in [5, 5.41) is 3.36. The number of aromatic nitrogens is 1. The van der Waals surface area contributed by atoms with Crippen molar-refractivity contribution in [3.63, 3.8) is 0 Å². The number of anilines is 1. The highest BCUT2D eigenvalue weighted by molar-refractivity contribution is 9.10. The van der Waals surface area contributed by atoms with E-state index in [1.165, 1.54) is 12.8 Å². The van der Waals surface area contributed by atoms with Crippen molar-refractivity contribution >= 4 is 21.6 Å². The Bertz CT molecular complexity index is 241. The Morgan fingerprint density at radius 1 is 1.45 bits per heavy atom. The fourth-order valence-electron chi connectivity index (χ4n) is 0.925. The van der Waals surface area contributed by atoms with Crippen LogP contribution in [-0.2, 0) is 0 Å². The van der Waals surface area contributed by atoms with E-state index in [0.29, 0.717) is 6.04 Å². The van der Waals surface area contributed by atoms with Crippen molar-refractivity contribution in [1.82, 2.24) is 4.98 Å². The highest BCUT2D eigenvalue weighted by Gasteiger charge is 2.20. The Labute approximate surface area is 74.2 Å². The molecule has 0 bridgehead atoms. The van der Waals surface area contributed by atoms with E-state index >= 15 is 0 Å². The van der Waals surface area contributed by atoms with Crippen molar-refractivity contribution in [1.29, 1.82) is 0 Å². The molecule has 0 aromatic carbocycles. The van der Waals surface area contributed by atoms with Gasteiger partial charge in [-0.05, 0) is 40.9 Å². The van der Waals surface area contributed by atoms with Gasteiger partial charge in [0.05, 0.1) is 11.9 Å². The molecule has 0 spiro atoms. The minimum Gasteiger partial charge on any atom is -0.381 e. The number of halogens is 1. The van der Waals surface area contributed by atoms with Crippen molar-refractivity contribution in [3.05, 3.63) is 22.9 Å². The Morgan fingerprint density at radius 3 is 2.82 bits per heavy atom. The maximum atomic E-state index is 4.11. The van der Waals surface area contributed by atoms with E-state index in [0.717, 1.165) is 10.3 Å². The first kappa shape index (κ1) is 7.10. The van der Waals surface area contributed by atoms with Gasteiger partial charge in [-0.25, -0.2) is 4.98 Å². The second-order valence-electron chi connectivity index (χ2n) is 2.79. The molecule has 1 aromatic rings. The van der Waals surface area contributed by atoms with Gasteiger partial charge in [0.1, 0.15) is 4.60 Å². The molecular weight excluding hydrogens is 204 g/mol. The van der Waals surface area contributed by atoms with Crippen LogP contribution in [0.5, 0.6) is 0 Å². The molecule has 58 valence electrons. The molecule has 0 saturated heterocycles. The van der Waals surface area contributed by atoms with Gasteiger partial charge in [0, 0.05) is 6.04 Å². The summed E-state index contributed by atoms with van der Waals surface area (Å²) >= 11 is 3.29. The number of hydrogen-bond donors (Lipinski definition) is 1. The largest absolute Gasteiger partial charge is 0.381 e. The highest BCUT2D eigenvalue weighted by Crippen LogP contribution is 2.24. The van der Waals surface area contributed by atoms with Gasteiger partial charge in [-0.2, -0.15) is 0 Å². The lowest BCUT2D eigenvalue weighted by Crippen LogP contribution is -2.00. The van der Waals surface area contributed by atoms with Crippen LogP contribution in [0.4, 0.5) is 5.69 Å². The summed E-state index contributed by atoms with van der Waals surface area (Å²) in [5.41, 5.74) is 1.12. The molecule has 11 heavy (non-hydrogen) atoms. The summed E-state index contributed by atoms with van der Waals surface area (Å²) in [5.74, 6) is 0. The summed E-state index contributed by atoms with van der Waals surface area (Å²) in [6.07, 6.45) is 4.45. The van der Waals surface area contributed by atoms with Gasteiger partial charge in [-0.1, -0.05) is 0 Å². The minimum atomic E-state index is 0.706. The average Bonchev–Trinajstić information content (AvgIpc) is 2.78. The Hall–Kier alpha value is -0.570. The first-order valence-corrected chi connectivity index (χ1v) is 4.52. The molecule has 1 heterocycles. The van der Waals surface area contributed by atoms with Crippen LogP contribution in [0.3, 0.4) is 0 Å². The lowest BCUT2D eigenvalue weighted by Gasteiger charge is -2.01. The van der Waals surface area contributed by atoms with Crippen molar-refractivity contribution in [2.45, 2.75) is 18.9 Å². The number of nitrogens with one attached hydrogen (secondary N) is 1. The molecule has 3 heteroatoms. The fraction of sp³-hybridized carbons (Fsp3) is 0.375. The quantitative estimate of drug-likeness (QED) is 0.763. The average molecular weight is 213 g/mol. The van der Waals surface area contributed by atoms with Crippen LogP contribution in [0.25, 0.3) is 0 Å². The molecule has 0 aliphatic heterocycles. The molecule has 1 aliphatic carbocycles. The van der Waals surface area contributed by atoms with Crippen molar-refractivity contribution < 1.29 is 0 Å². The molecule has 0 atom stereocenters. The Morgan fingerprint density at radius 2 is 2.27 bits per heavy atom. The third kappa shape index (κ3) is 1.93. The number of rotatable bonds is 2. The lowest BCUT2D eigenvalue weighted by atomic mass is 10.4. The third-order valence-electron chi connectivity index (χ3n) is 1.68. The molecule has 1 aliphatic rings. The molecule has 2 nitrogen and oxygen atoms in total. The van der Waals surface area contributed by atoms with E-state index in [-0.39, 0.29) is 0 Å². The van der Waals surface area contributed by atoms with E-state index in [1.807, 2.05) is 18.3 Å². The minimum absolute atomic E-state index is 0.706. The third-order valence-corrected chi connectivity index (χ3v) is 2.14. The van der Waals surface area contributed by atoms with Crippen LogP contribution in [0.2, 0.25) is 0 Å². The molecule has 0 radical (unpaired) electrons. The number of pyridine rings is 1. The first-order valence-electron chi connectivity index (χ1n) is 3.73. The zero-order valence-corrected chi connectivity index (χ0v) is 7.63. The first-order chi connectivity index (χ1) is 5.34. The summed E-state index contributed by atoms with van der Waals surface area (Å²) in [4.78, 5) is 4.11. The molecule has 0 unspecified atom stereocenters. The normalized spacial score (nSPS) is 16.5. The summed E-state index contributed by atoms with van der Waals surface area (Å²) in [6, 6.07) is 4.69. The van der Waals surface area contributed by atoms with E-state index < -0.39 is 0 Å². The van der Waals surface area contributed by atoms with Gasteiger partial charge in [-0.3, -0.25) is 0 Å². The van der Waals surface area contributed by atoms with E-state index in [2.05, 4.69) is 26.2 Å². The van der Waals surface area contributed by atoms with Crippen LogP contribution in [0, 0.1) is 0 Å². The maximum absolute atomic E-state index is 4.11. The lowest BCUT2D eigenvalue weighted by molar-refractivity contribution is 1.14. The summed E-state index contributed by atoms with van der Waals surface area (Å²) < 4.78 is 0.888. The molecular formula is C8H9BrN2. The molecule has 1 fully saturated rings. The monoisotopic (exact) mass is 212 g/mol. The Balaban J connectivity index is 2.06. The van der Waals surface area contributed by atoms with E-state index in [4.69, 9.17) is 0 Å². The molecule has 0 amide bonds. The molecule has 1 N–H and O–H groups in total. The number of hydrogen-bond acceptors (Lipinski definition) is 2. The van der Waals surface area contributed by atoms with Gasteiger partial charge < -0.3 is 5.32 Å². The molecule has 2 rings (SSSR count). The predicted octanol–water partition coefficient (Wildman–Crippen LogP) is 2.42. The molecule has 1 aromatic heterocycles. The zero-order chi connectivity index (χ0) is 7.68. The summed E-state index contributed by atoms with van der Waals surface area (Å²) in [6.45, 7) is 0. The van der Waals surface area contributed by atoms with Gasteiger partial charge >= 0.3 is 0 Å². The van der Waals surface area contributed by atoms with Crippen LogP contribution in [0.1, 0.15) is 12.8 Å². The second-order valence-corrected chi connectivity index (χ2v) is 3.60. The zero-order valence-electron chi connectivity index (χ0n) is 6.05. The van der Waals surface area contributed by atoms with Crippen LogP contribution in [-0.4, -0.2) is 11.0 Å². The standard InChI is InChI=1S/C8H9BrN2/c9-8-4-3-7(5-10-8)11-6-1-2-6/h3-6,11H,1-2H2. The maximum Gasteiger partial charge on any atom is 0.106 e. The second kappa shape index (κ2) is 2.81. The van der Waals surface area contributed by atoms with Crippen molar-refractivity contribution in [2.75, 3.05) is 5.32 Å². The highest BCUT2D eigenvalue weighted by atomic mass is 79.9. The van der Waals surface area contributed by atoms with E-state index in [9.17, 15) is 0 Å². The number of nitrogens with zero attached hydrogens (tertiary/aromatic N) is 1. The van der Waals surface area contributed by atoms with E-state index in [1.54, 1.807) is 0 Å². The predicted molar refractivity (Wildman–Crippen MR) is 48.6 cm³/mol. The van der Waals surface area contributed by atoms with Gasteiger partial charge in [0.2, 0.25) is 0 Å². The fourth-order valence-corrected chi connectivity index (χ4v) is 1.16. The SMILES string of the molecule is Brc1ccc(NC2CC2)cn1. The smallest absolute Gasteiger partial charge is 0.106 e. The van der Waals surface area contributed by atoms with Crippen molar-refractivity contribution in [2.24, 2.45) is 0 Å². The van der Waals surface area contributed by atoms with Gasteiger partial charge in [0.15, 0.2) is 0 Å². The van der Waals surface area contributed by atoms with Crippen molar-refractivity contribution in [3.8, 4) is 0 Å². The van der Waals surface area contributed by atoms with Crippen LogP contribution in [0.15, 0.2) is 22.9 Å². The van der Waals surface area contributed by atoms with Crippen LogP contribution < -0.4 is 5.32 Å². The molecule has 1 saturated carbocycles.